The number of aldehydes is 1. The van der Waals surface area contributed by atoms with Crippen molar-refractivity contribution in [3.05, 3.63) is 47.5 Å². The molecule has 0 saturated heterocycles. The van der Waals surface area contributed by atoms with Crippen molar-refractivity contribution in [1.29, 1.82) is 0 Å². The summed E-state index contributed by atoms with van der Waals surface area (Å²) >= 11 is 0. The normalized spacial score (nSPS) is 15.7. The van der Waals surface area contributed by atoms with E-state index in [1.54, 1.807) is 32.9 Å². The van der Waals surface area contributed by atoms with E-state index >= 15 is 0 Å². The molecule has 142 valence electrons. The molecule has 0 aliphatic heterocycles. The molecule has 0 saturated carbocycles. The van der Waals surface area contributed by atoms with E-state index in [4.69, 9.17) is 0 Å². The van der Waals surface area contributed by atoms with Crippen molar-refractivity contribution in [2.75, 3.05) is 0 Å². The SMILES string of the molecule is CC(C)(C)C(=O)/C=C/[C@H](N=C([O-])c1ccccc1C=O)[C@@H](O)C(C)(C)C. The van der Waals surface area contributed by atoms with Crippen LogP contribution in [-0.2, 0) is 4.79 Å². The highest BCUT2D eigenvalue weighted by atomic mass is 16.3. The van der Waals surface area contributed by atoms with Crippen molar-refractivity contribution in [1.82, 2.24) is 0 Å². The smallest absolute Gasteiger partial charge is 0.160 e. The molecule has 0 unspecified atom stereocenters. The molecule has 5 nitrogen and oxygen atoms in total. The fourth-order valence-electron chi connectivity index (χ4n) is 2.17. The first kappa shape index (κ1) is 21.8. The lowest BCUT2D eigenvalue weighted by atomic mass is 9.84. The second-order valence-corrected chi connectivity index (χ2v) is 8.41. The summed E-state index contributed by atoms with van der Waals surface area (Å²) in [5, 5.41) is 23.2. The van der Waals surface area contributed by atoms with Crippen LogP contribution in [0.5, 0.6) is 0 Å². The Morgan fingerprint density at radius 2 is 1.73 bits per heavy atom. The van der Waals surface area contributed by atoms with Crippen LogP contribution in [-0.4, -0.2) is 35.2 Å². The molecular formula is C21H28NO4-. The molecule has 0 radical (unpaired) electrons. The van der Waals surface area contributed by atoms with E-state index in [2.05, 4.69) is 4.99 Å². The van der Waals surface area contributed by atoms with Crippen LogP contribution in [0.2, 0.25) is 0 Å². The Bertz CT molecular complexity index is 705. The van der Waals surface area contributed by atoms with E-state index < -0.39 is 28.9 Å². The van der Waals surface area contributed by atoms with Crippen molar-refractivity contribution in [3.63, 3.8) is 0 Å². The number of allylic oxidation sites excluding steroid dienone is 1. The Kier molecular flexibility index (Phi) is 7.04. The average Bonchev–Trinajstić information content (AvgIpc) is 2.55. The fourth-order valence-corrected chi connectivity index (χ4v) is 2.17. The number of hydrogen-bond acceptors (Lipinski definition) is 5. The van der Waals surface area contributed by atoms with Gasteiger partial charge in [0.15, 0.2) is 12.1 Å². The lowest BCUT2D eigenvalue weighted by molar-refractivity contribution is -0.213. The van der Waals surface area contributed by atoms with Gasteiger partial charge in [0.05, 0.1) is 12.1 Å². The van der Waals surface area contributed by atoms with Crippen LogP contribution in [0.25, 0.3) is 0 Å². The van der Waals surface area contributed by atoms with Crippen molar-refractivity contribution in [2.24, 2.45) is 15.8 Å². The van der Waals surface area contributed by atoms with Crippen LogP contribution in [0.3, 0.4) is 0 Å². The number of rotatable bonds is 6. The number of carbonyl (C=O) groups excluding carboxylic acids is 2. The Morgan fingerprint density at radius 3 is 2.23 bits per heavy atom. The molecule has 26 heavy (non-hydrogen) atoms. The molecule has 0 bridgehead atoms. The summed E-state index contributed by atoms with van der Waals surface area (Å²) in [4.78, 5) is 27.4. The molecule has 0 amide bonds. The van der Waals surface area contributed by atoms with Gasteiger partial charge in [0.2, 0.25) is 0 Å². The minimum absolute atomic E-state index is 0.125. The number of nitrogens with zero attached hydrogens (tertiary/aromatic N) is 1. The topological polar surface area (TPSA) is 89.8 Å². The molecule has 0 aliphatic carbocycles. The minimum atomic E-state index is -0.973. The van der Waals surface area contributed by atoms with Crippen LogP contribution in [0.1, 0.15) is 57.5 Å². The Morgan fingerprint density at radius 1 is 1.15 bits per heavy atom. The van der Waals surface area contributed by atoms with E-state index in [0.717, 1.165) is 0 Å². The van der Waals surface area contributed by atoms with E-state index in [9.17, 15) is 19.8 Å². The molecular weight excluding hydrogens is 330 g/mol. The van der Waals surface area contributed by atoms with Crippen molar-refractivity contribution >= 4 is 18.0 Å². The predicted molar refractivity (Wildman–Crippen MR) is 101 cm³/mol. The van der Waals surface area contributed by atoms with Gasteiger partial charge < -0.3 is 10.2 Å². The van der Waals surface area contributed by atoms with Gasteiger partial charge in [-0.2, -0.15) is 0 Å². The van der Waals surface area contributed by atoms with Gasteiger partial charge in [0.25, 0.3) is 0 Å². The van der Waals surface area contributed by atoms with Gasteiger partial charge in [0, 0.05) is 11.0 Å². The van der Waals surface area contributed by atoms with Gasteiger partial charge in [0.1, 0.15) is 0 Å². The van der Waals surface area contributed by atoms with Crippen molar-refractivity contribution in [3.8, 4) is 0 Å². The van der Waals surface area contributed by atoms with Crippen LogP contribution in [0.4, 0.5) is 0 Å². The highest BCUT2D eigenvalue weighted by Gasteiger charge is 2.29. The third-order valence-corrected chi connectivity index (χ3v) is 3.98. The number of benzene rings is 1. The summed E-state index contributed by atoms with van der Waals surface area (Å²) in [5.41, 5.74) is -0.709. The van der Waals surface area contributed by atoms with E-state index in [-0.39, 0.29) is 16.9 Å². The maximum absolute atomic E-state index is 12.6. The zero-order chi connectivity index (χ0) is 20.1. The highest BCUT2D eigenvalue weighted by Crippen LogP contribution is 2.25. The Balaban J connectivity index is 3.30. The van der Waals surface area contributed by atoms with E-state index in [1.165, 1.54) is 24.3 Å². The van der Waals surface area contributed by atoms with Gasteiger partial charge in [-0.15, -0.1) is 0 Å². The van der Waals surface area contributed by atoms with Crippen LogP contribution in [0.15, 0.2) is 41.4 Å². The number of ketones is 1. The molecule has 1 rings (SSSR count). The van der Waals surface area contributed by atoms with Crippen LogP contribution < -0.4 is 5.11 Å². The molecule has 0 heterocycles. The average molecular weight is 358 g/mol. The van der Waals surface area contributed by atoms with E-state index in [0.29, 0.717) is 6.29 Å². The first-order valence-corrected chi connectivity index (χ1v) is 8.58. The zero-order valence-electron chi connectivity index (χ0n) is 16.3. The predicted octanol–water partition coefficient (Wildman–Crippen LogP) is 2.55. The maximum Gasteiger partial charge on any atom is 0.160 e. The third kappa shape index (κ3) is 5.92. The monoisotopic (exact) mass is 358 g/mol. The summed E-state index contributed by atoms with van der Waals surface area (Å²) in [6.07, 6.45) is 2.45. The highest BCUT2D eigenvalue weighted by molar-refractivity contribution is 5.99. The third-order valence-electron chi connectivity index (χ3n) is 3.98. The summed E-state index contributed by atoms with van der Waals surface area (Å²) in [6.45, 7) is 10.8. The van der Waals surface area contributed by atoms with Crippen molar-refractivity contribution < 1.29 is 19.8 Å². The Labute approximate surface area is 155 Å². The molecule has 2 atom stereocenters. The molecule has 5 heteroatoms. The lowest BCUT2D eigenvalue weighted by Gasteiger charge is -2.31. The van der Waals surface area contributed by atoms with Gasteiger partial charge in [-0.3, -0.25) is 14.6 Å². The van der Waals surface area contributed by atoms with Gasteiger partial charge >= 0.3 is 0 Å². The minimum Gasteiger partial charge on any atom is -0.858 e. The summed E-state index contributed by atoms with van der Waals surface area (Å²) in [7, 11) is 0. The second kappa shape index (κ2) is 8.41. The molecule has 0 fully saturated rings. The van der Waals surface area contributed by atoms with Crippen molar-refractivity contribution in [2.45, 2.75) is 53.7 Å². The maximum atomic E-state index is 12.6. The first-order chi connectivity index (χ1) is 11.9. The van der Waals surface area contributed by atoms with E-state index in [1.807, 2.05) is 20.8 Å². The number of aliphatic hydroxyl groups excluding tert-OH is 1. The molecule has 0 aliphatic rings. The molecule has 1 N–H and O–H groups in total. The number of aliphatic imine (C=N–C) groups is 1. The number of carbonyl (C=O) groups is 2. The quantitative estimate of drug-likeness (QED) is 0.366. The van der Waals surface area contributed by atoms with Crippen LogP contribution in [0, 0.1) is 10.8 Å². The molecule has 0 aromatic heterocycles. The molecule has 1 aromatic carbocycles. The fraction of sp³-hybridized carbons (Fsp3) is 0.476. The zero-order valence-corrected chi connectivity index (χ0v) is 16.3. The number of aliphatic hydroxyl groups is 1. The first-order valence-electron chi connectivity index (χ1n) is 8.58. The molecule has 1 aromatic rings. The summed E-state index contributed by atoms with van der Waals surface area (Å²) in [5.74, 6) is -0.728. The second-order valence-electron chi connectivity index (χ2n) is 8.41. The standard InChI is InChI=1S/C21H29NO4/c1-20(2,3)17(24)12-11-16(18(25)21(4,5)6)22-19(26)15-10-8-7-9-14(15)13-23/h7-13,16,18,25H,1-6H3,(H,22,26)/p-1/b12-11+/t16-,18+/m0/s1. The van der Waals surface area contributed by atoms with Gasteiger partial charge in [-0.25, -0.2) is 0 Å². The Hall–Kier alpha value is -2.27. The van der Waals surface area contributed by atoms with Gasteiger partial charge in [-0.05, 0) is 23.0 Å². The van der Waals surface area contributed by atoms with Gasteiger partial charge in [-0.1, -0.05) is 71.9 Å². The molecule has 0 spiro atoms. The van der Waals surface area contributed by atoms with Crippen LogP contribution >= 0.6 is 0 Å². The summed E-state index contributed by atoms with van der Waals surface area (Å²) in [6, 6.07) is 5.45. The summed E-state index contributed by atoms with van der Waals surface area (Å²) < 4.78 is 0. The lowest BCUT2D eigenvalue weighted by Crippen LogP contribution is -2.37. The number of hydrogen-bond donors (Lipinski definition) is 1. The largest absolute Gasteiger partial charge is 0.858 e.